The molecular formula is C22H27N3O10S. The van der Waals surface area contributed by atoms with Crippen LogP contribution < -0.4 is 0 Å². The molecule has 0 unspecified atom stereocenters. The van der Waals surface area contributed by atoms with Gasteiger partial charge in [0.05, 0.1) is 42.4 Å². The summed E-state index contributed by atoms with van der Waals surface area (Å²) >= 11 is 0.672. The van der Waals surface area contributed by atoms with Crippen LogP contribution in [0, 0.1) is 16.0 Å². The second-order valence-corrected chi connectivity index (χ2v) is 8.07. The number of nitro groups is 1. The minimum Gasteiger partial charge on any atom is -0.465 e. The molecule has 2 aromatic rings. The third-order valence-corrected chi connectivity index (χ3v) is 5.78. The number of thioether (sulfide) groups is 1. The van der Waals surface area contributed by atoms with Gasteiger partial charge in [0.2, 0.25) is 5.25 Å². The van der Waals surface area contributed by atoms with Crippen molar-refractivity contribution in [3.8, 4) is 0 Å². The standard InChI is InChI=1S/C22H27N3O10S/c1-5-32-18(26)14(19(27)33-6-2)12-24-16-10-9-13(25(30)31)11-15(16)23-22(24)36-17(20(28)34-7-3)21(29)35-8-4/h9-11,14,17H,5-8,12H2,1-4H3. The predicted octanol–water partition coefficient (Wildman–Crippen LogP) is 2.27. The summed E-state index contributed by atoms with van der Waals surface area (Å²) in [6.45, 7) is 6.02. The number of carbonyl (C=O) groups is 4. The first-order valence-electron chi connectivity index (χ1n) is 11.2. The van der Waals surface area contributed by atoms with Crippen molar-refractivity contribution >= 4 is 52.4 Å². The number of esters is 4. The van der Waals surface area contributed by atoms with Gasteiger partial charge in [0.25, 0.3) is 5.69 Å². The van der Waals surface area contributed by atoms with Gasteiger partial charge in [-0.15, -0.1) is 0 Å². The van der Waals surface area contributed by atoms with E-state index in [2.05, 4.69) is 4.98 Å². The zero-order chi connectivity index (χ0) is 26.8. The molecule has 0 bridgehead atoms. The molecule has 0 radical (unpaired) electrons. The van der Waals surface area contributed by atoms with Crippen molar-refractivity contribution in [1.82, 2.24) is 9.55 Å². The molecule has 1 aromatic carbocycles. The van der Waals surface area contributed by atoms with E-state index in [9.17, 15) is 29.3 Å². The Morgan fingerprint density at radius 1 is 0.917 bits per heavy atom. The summed E-state index contributed by atoms with van der Waals surface area (Å²) in [5.74, 6) is -4.85. The Morgan fingerprint density at radius 2 is 1.42 bits per heavy atom. The number of non-ortho nitro benzene ring substituents is 1. The molecule has 14 heteroatoms. The Bertz CT molecular complexity index is 1100. The number of nitrogens with zero attached hydrogens (tertiary/aromatic N) is 3. The smallest absolute Gasteiger partial charge is 0.331 e. The molecule has 0 aliphatic rings. The van der Waals surface area contributed by atoms with Gasteiger partial charge in [-0.2, -0.15) is 0 Å². The first-order chi connectivity index (χ1) is 17.2. The first-order valence-corrected chi connectivity index (χ1v) is 12.0. The lowest BCUT2D eigenvalue weighted by molar-refractivity contribution is -0.384. The van der Waals surface area contributed by atoms with Crippen LogP contribution in [-0.2, 0) is 44.7 Å². The van der Waals surface area contributed by atoms with Crippen LogP contribution >= 0.6 is 11.8 Å². The lowest BCUT2D eigenvalue weighted by Crippen LogP contribution is -2.33. The Kier molecular flexibility index (Phi) is 10.6. The molecule has 13 nitrogen and oxygen atoms in total. The molecule has 36 heavy (non-hydrogen) atoms. The normalized spacial score (nSPS) is 10.9. The van der Waals surface area contributed by atoms with E-state index in [1.807, 2.05) is 0 Å². The van der Waals surface area contributed by atoms with Crippen molar-refractivity contribution in [3.63, 3.8) is 0 Å². The van der Waals surface area contributed by atoms with Gasteiger partial charge in [0.15, 0.2) is 11.1 Å². The number of carbonyl (C=O) groups excluding carboxylic acids is 4. The SMILES string of the molecule is CCOC(=O)C(Cn1c(SC(C(=O)OCC)C(=O)OCC)nc2cc([N+](=O)[O-])ccc21)C(=O)OCC. The summed E-state index contributed by atoms with van der Waals surface area (Å²) in [5.41, 5.74) is 0.209. The van der Waals surface area contributed by atoms with Crippen LogP contribution in [0.3, 0.4) is 0 Å². The molecule has 0 amide bonds. The van der Waals surface area contributed by atoms with Gasteiger partial charge < -0.3 is 23.5 Å². The maximum absolute atomic E-state index is 12.6. The van der Waals surface area contributed by atoms with E-state index in [0.717, 1.165) is 0 Å². The lowest BCUT2D eigenvalue weighted by atomic mass is 10.1. The summed E-state index contributed by atoms with van der Waals surface area (Å²) in [7, 11) is 0. The molecule has 0 N–H and O–H groups in total. The number of hydrogen-bond acceptors (Lipinski definition) is 12. The summed E-state index contributed by atoms with van der Waals surface area (Å²) in [5, 5.41) is 9.81. The van der Waals surface area contributed by atoms with Crippen LogP contribution in [0.1, 0.15) is 27.7 Å². The lowest BCUT2D eigenvalue weighted by Gasteiger charge is -2.18. The number of aromatic nitrogens is 2. The average molecular weight is 526 g/mol. The van der Waals surface area contributed by atoms with Crippen molar-refractivity contribution in [2.45, 2.75) is 44.6 Å². The Hall–Kier alpha value is -3.68. The largest absolute Gasteiger partial charge is 0.465 e. The fraction of sp³-hybridized carbons (Fsp3) is 0.500. The van der Waals surface area contributed by atoms with Crippen LogP contribution in [0.5, 0.6) is 0 Å². The minimum atomic E-state index is -1.47. The topological polar surface area (TPSA) is 166 Å². The highest BCUT2D eigenvalue weighted by Gasteiger charge is 2.36. The maximum atomic E-state index is 12.6. The van der Waals surface area contributed by atoms with Crippen LogP contribution in [0.15, 0.2) is 23.4 Å². The van der Waals surface area contributed by atoms with Crippen LogP contribution in [0.4, 0.5) is 5.69 Å². The summed E-state index contributed by atoms with van der Waals surface area (Å²) in [4.78, 5) is 65.2. The van der Waals surface area contributed by atoms with Crippen molar-refractivity contribution in [2.75, 3.05) is 26.4 Å². The molecule has 0 atom stereocenters. The Balaban J connectivity index is 2.63. The fourth-order valence-corrected chi connectivity index (χ4v) is 4.11. The maximum Gasteiger partial charge on any atom is 0.331 e. The number of fused-ring (bicyclic) bond motifs is 1. The van der Waals surface area contributed by atoms with Crippen molar-refractivity contribution < 1.29 is 43.0 Å². The number of nitro benzene ring substituents is 1. The second kappa shape index (κ2) is 13.4. The fourth-order valence-electron chi connectivity index (χ4n) is 3.12. The highest BCUT2D eigenvalue weighted by molar-refractivity contribution is 8.01. The zero-order valence-electron chi connectivity index (χ0n) is 20.3. The zero-order valence-corrected chi connectivity index (χ0v) is 21.1. The number of benzene rings is 1. The van der Waals surface area contributed by atoms with E-state index in [-0.39, 0.29) is 49.3 Å². The molecule has 0 aliphatic carbocycles. The van der Waals surface area contributed by atoms with E-state index in [0.29, 0.717) is 17.3 Å². The summed E-state index contributed by atoms with van der Waals surface area (Å²) in [6, 6.07) is 3.82. The van der Waals surface area contributed by atoms with Crippen molar-refractivity contribution in [1.29, 1.82) is 0 Å². The second-order valence-electron chi connectivity index (χ2n) is 6.99. The van der Waals surface area contributed by atoms with Crippen LogP contribution in [-0.4, -0.2) is 70.0 Å². The van der Waals surface area contributed by atoms with Gasteiger partial charge >= 0.3 is 23.9 Å². The number of ether oxygens (including phenoxy) is 4. The molecule has 0 spiro atoms. The summed E-state index contributed by atoms with van der Waals surface area (Å²) in [6.07, 6.45) is 0. The van der Waals surface area contributed by atoms with E-state index < -0.39 is 40.0 Å². The van der Waals surface area contributed by atoms with E-state index >= 15 is 0 Å². The van der Waals surface area contributed by atoms with E-state index in [1.165, 1.54) is 22.8 Å². The van der Waals surface area contributed by atoms with Gasteiger partial charge in [0.1, 0.15) is 0 Å². The number of rotatable bonds is 13. The van der Waals surface area contributed by atoms with E-state index in [1.54, 1.807) is 27.7 Å². The molecule has 0 saturated heterocycles. The van der Waals surface area contributed by atoms with Gasteiger partial charge in [-0.3, -0.25) is 29.3 Å². The van der Waals surface area contributed by atoms with Gasteiger partial charge in [-0.1, -0.05) is 11.8 Å². The molecule has 1 aromatic heterocycles. The van der Waals surface area contributed by atoms with Gasteiger partial charge in [0, 0.05) is 18.7 Å². The monoisotopic (exact) mass is 525 g/mol. The molecule has 1 heterocycles. The molecule has 0 aliphatic heterocycles. The molecule has 0 fully saturated rings. The molecular weight excluding hydrogens is 498 g/mol. The molecule has 2 rings (SSSR count). The van der Waals surface area contributed by atoms with Gasteiger partial charge in [-0.25, -0.2) is 4.98 Å². The first kappa shape index (κ1) is 28.6. The van der Waals surface area contributed by atoms with Crippen LogP contribution in [0.2, 0.25) is 0 Å². The Labute approximate surface area is 210 Å². The third-order valence-electron chi connectivity index (χ3n) is 4.64. The average Bonchev–Trinajstić information content (AvgIpc) is 3.17. The van der Waals surface area contributed by atoms with Gasteiger partial charge in [-0.05, 0) is 33.8 Å². The van der Waals surface area contributed by atoms with Crippen molar-refractivity contribution in [3.05, 3.63) is 28.3 Å². The molecule has 0 saturated carbocycles. The highest BCUT2D eigenvalue weighted by Crippen LogP contribution is 2.31. The third kappa shape index (κ3) is 6.93. The summed E-state index contributed by atoms with van der Waals surface area (Å²) < 4.78 is 21.4. The quantitative estimate of drug-likeness (QED) is 0.0936. The van der Waals surface area contributed by atoms with E-state index in [4.69, 9.17) is 18.9 Å². The highest BCUT2D eigenvalue weighted by atomic mass is 32.2. The van der Waals surface area contributed by atoms with Crippen LogP contribution in [0.25, 0.3) is 11.0 Å². The number of imidazole rings is 1. The molecule has 196 valence electrons. The Morgan fingerprint density at radius 3 is 1.89 bits per heavy atom. The van der Waals surface area contributed by atoms with Crippen molar-refractivity contribution in [2.24, 2.45) is 5.92 Å². The number of hydrogen-bond donors (Lipinski definition) is 0. The predicted molar refractivity (Wildman–Crippen MR) is 126 cm³/mol. The minimum absolute atomic E-state index is 0.00565.